The van der Waals surface area contributed by atoms with E-state index in [2.05, 4.69) is 20.0 Å². The standard InChI is InChI=1S/C24H27N7O3S/c1-16-11-17(2)31(27-16)22-14-21(25-15-26-22)28-7-9-29(10-8-28)35(33,34)20-12-18-3-4-23(32)30-6-5-19(13-20)24(18)30/h11-15H,3-10H2,1-2H3. The molecule has 1 amide bonds. The van der Waals surface area contributed by atoms with E-state index in [0.717, 1.165) is 34.0 Å². The van der Waals surface area contributed by atoms with Crippen LogP contribution in [0.4, 0.5) is 11.5 Å². The lowest BCUT2D eigenvalue weighted by atomic mass is 10.00. The predicted octanol–water partition coefficient (Wildman–Crippen LogP) is 1.63. The topological polar surface area (TPSA) is 105 Å². The van der Waals surface area contributed by atoms with Crippen molar-refractivity contribution in [2.24, 2.45) is 0 Å². The third-order valence-corrected chi connectivity index (χ3v) is 8.97. The minimum atomic E-state index is -3.63. The fraction of sp³-hybridized carbons (Fsp3) is 0.417. The third-order valence-electron chi connectivity index (χ3n) is 7.09. The lowest BCUT2D eigenvalue weighted by Crippen LogP contribution is -2.49. The summed E-state index contributed by atoms with van der Waals surface area (Å²) in [6.45, 7) is 6.38. The molecule has 1 fully saturated rings. The number of benzene rings is 1. The normalized spacial score (nSPS) is 18.3. The van der Waals surface area contributed by atoms with Gasteiger partial charge >= 0.3 is 0 Å². The van der Waals surface area contributed by atoms with E-state index in [-0.39, 0.29) is 5.91 Å². The van der Waals surface area contributed by atoms with Gasteiger partial charge in [0, 0.05) is 50.9 Å². The van der Waals surface area contributed by atoms with Crippen molar-refractivity contribution >= 4 is 27.4 Å². The Kier molecular flexibility index (Phi) is 5.15. The number of carbonyl (C=O) groups excluding carboxylic acids is 1. The van der Waals surface area contributed by atoms with E-state index >= 15 is 0 Å². The van der Waals surface area contributed by atoms with Gasteiger partial charge in [-0.15, -0.1) is 0 Å². The Morgan fingerprint density at radius 3 is 2.26 bits per heavy atom. The first-order chi connectivity index (χ1) is 16.8. The van der Waals surface area contributed by atoms with Crippen LogP contribution in [0.3, 0.4) is 0 Å². The summed E-state index contributed by atoms with van der Waals surface area (Å²) in [5.41, 5.74) is 4.78. The summed E-state index contributed by atoms with van der Waals surface area (Å²) in [6, 6.07) is 7.43. The predicted molar refractivity (Wildman–Crippen MR) is 130 cm³/mol. The lowest BCUT2D eigenvalue weighted by Gasteiger charge is -2.35. The van der Waals surface area contributed by atoms with Gasteiger partial charge in [0.2, 0.25) is 15.9 Å². The molecule has 11 heteroatoms. The zero-order valence-corrected chi connectivity index (χ0v) is 20.6. The molecule has 5 heterocycles. The molecule has 2 aromatic heterocycles. The molecule has 1 aromatic carbocycles. The fourth-order valence-corrected chi connectivity index (χ4v) is 6.89. The molecule has 3 aromatic rings. The van der Waals surface area contributed by atoms with Crippen LogP contribution in [-0.4, -0.2) is 71.1 Å². The smallest absolute Gasteiger partial charge is 0.243 e. The zero-order chi connectivity index (χ0) is 24.3. The number of nitrogens with zero attached hydrogens (tertiary/aromatic N) is 7. The Morgan fingerprint density at radius 2 is 1.54 bits per heavy atom. The maximum absolute atomic E-state index is 13.5. The van der Waals surface area contributed by atoms with Crippen molar-refractivity contribution < 1.29 is 13.2 Å². The molecule has 3 aliphatic heterocycles. The zero-order valence-electron chi connectivity index (χ0n) is 19.8. The van der Waals surface area contributed by atoms with Crippen molar-refractivity contribution in [3.63, 3.8) is 0 Å². The maximum Gasteiger partial charge on any atom is 0.243 e. The highest BCUT2D eigenvalue weighted by Gasteiger charge is 2.35. The van der Waals surface area contributed by atoms with Crippen LogP contribution in [0, 0.1) is 13.8 Å². The van der Waals surface area contributed by atoms with Gasteiger partial charge in [0.15, 0.2) is 5.82 Å². The number of carbonyl (C=O) groups is 1. The Morgan fingerprint density at radius 1 is 0.829 bits per heavy atom. The molecule has 0 N–H and O–H groups in total. The Labute approximate surface area is 204 Å². The van der Waals surface area contributed by atoms with E-state index in [1.54, 1.807) is 21.1 Å². The molecule has 3 aliphatic rings. The van der Waals surface area contributed by atoms with Crippen molar-refractivity contribution in [2.45, 2.75) is 38.0 Å². The summed E-state index contributed by atoms with van der Waals surface area (Å²) in [6.07, 6.45) is 3.26. The molecular weight excluding hydrogens is 466 g/mol. The van der Waals surface area contributed by atoms with Crippen LogP contribution in [0.25, 0.3) is 5.82 Å². The highest BCUT2D eigenvalue weighted by molar-refractivity contribution is 7.89. The molecule has 0 unspecified atom stereocenters. The van der Waals surface area contributed by atoms with Gasteiger partial charge < -0.3 is 9.80 Å². The summed E-state index contributed by atoms with van der Waals surface area (Å²) < 4.78 is 30.4. The Bertz CT molecular complexity index is 1440. The van der Waals surface area contributed by atoms with E-state index in [0.29, 0.717) is 62.7 Å². The quantitative estimate of drug-likeness (QED) is 0.544. The van der Waals surface area contributed by atoms with Crippen LogP contribution < -0.4 is 9.80 Å². The van der Waals surface area contributed by atoms with Gasteiger partial charge in [-0.3, -0.25) is 4.79 Å². The van der Waals surface area contributed by atoms with Gasteiger partial charge in [-0.05, 0) is 56.0 Å². The third kappa shape index (κ3) is 3.69. The second-order valence-corrected chi connectivity index (χ2v) is 11.3. The Hall–Kier alpha value is -3.31. The van der Waals surface area contributed by atoms with Crippen molar-refractivity contribution in [1.29, 1.82) is 0 Å². The second-order valence-electron chi connectivity index (χ2n) is 9.35. The van der Waals surface area contributed by atoms with E-state index in [1.807, 2.05) is 30.9 Å². The molecule has 0 aliphatic carbocycles. The van der Waals surface area contributed by atoms with E-state index in [9.17, 15) is 13.2 Å². The highest BCUT2D eigenvalue weighted by Crippen LogP contribution is 2.39. The fourth-order valence-electron chi connectivity index (χ4n) is 5.37. The van der Waals surface area contributed by atoms with E-state index < -0.39 is 10.0 Å². The van der Waals surface area contributed by atoms with Crippen molar-refractivity contribution in [1.82, 2.24) is 24.1 Å². The second kappa shape index (κ2) is 8.13. The number of hydrogen-bond donors (Lipinski definition) is 0. The average molecular weight is 494 g/mol. The number of amides is 1. The first-order valence-corrected chi connectivity index (χ1v) is 13.3. The molecule has 35 heavy (non-hydrogen) atoms. The number of hydrogen-bond acceptors (Lipinski definition) is 7. The molecule has 182 valence electrons. The Balaban J connectivity index is 1.21. The lowest BCUT2D eigenvalue weighted by molar-refractivity contribution is -0.118. The summed E-state index contributed by atoms with van der Waals surface area (Å²) in [4.78, 5) is 25.2. The summed E-state index contributed by atoms with van der Waals surface area (Å²) in [7, 11) is -3.63. The van der Waals surface area contributed by atoms with Crippen LogP contribution in [0.5, 0.6) is 0 Å². The number of piperazine rings is 1. The molecule has 0 saturated carbocycles. The van der Waals surface area contributed by atoms with Crippen LogP contribution >= 0.6 is 0 Å². The molecule has 0 bridgehead atoms. The molecule has 1 saturated heterocycles. The number of anilines is 2. The van der Waals surface area contributed by atoms with Gasteiger partial charge in [0.1, 0.15) is 12.1 Å². The summed E-state index contributed by atoms with van der Waals surface area (Å²) >= 11 is 0. The molecule has 6 rings (SSSR count). The van der Waals surface area contributed by atoms with E-state index in [4.69, 9.17) is 0 Å². The van der Waals surface area contributed by atoms with Crippen LogP contribution in [0.2, 0.25) is 0 Å². The van der Waals surface area contributed by atoms with Gasteiger partial charge in [-0.25, -0.2) is 23.1 Å². The first-order valence-electron chi connectivity index (χ1n) is 11.9. The van der Waals surface area contributed by atoms with Crippen molar-refractivity contribution in [2.75, 3.05) is 42.5 Å². The molecule has 0 radical (unpaired) electrons. The average Bonchev–Trinajstić information content (AvgIpc) is 3.45. The molecular formula is C24H27N7O3S. The first kappa shape index (κ1) is 22.2. The van der Waals surface area contributed by atoms with Gasteiger partial charge in [-0.1, -0.05) is 0 Å². The number of sulfonamides is 1. The SMILES string of the molecule is Cc1cc(C)n(-c2cc(N3CCN(S(=O)(=O)c4cc5c6c(c4)CCN6C(=O)CC5)CC3)ncn2)n1. The summed E-state index contributed by atoms with van der Waals surface area (Å²) in [5.74, 6) is 1.58. The number of aromatic nitrogens is 4. The minimum absolute atomic E-state index is 0.133. The van der Waals surface area contributed by atoms with Crippen LogP contribution in [0.1, 0.15) is 28.9 Å². The van der Waals surface area contributed by atoms with Crippen LogP contribution in [-0.2, 0) is 27.7 Å². The molecule has 0 spiro atoms. The van der Waals surface area contributed by atoms with Crippen molar-refractivity contribution in [3.8, 4) is 5.82 Å². The van der Waals surface area contributed by atoms with Crippen LogP contribution in [0.15, 0.2) is 35.5 Å². The van der Waals surface area contributed by atoms with Crippen molar-refractivity contribution in [3.05, 3.63) is 53.1 Å². The minimum Gasteiger partial charge on any atom is -0.354 e. The maximum atomic E-state index is 13.5. The summed E-state index contributed by atoms with van der Waals surface area (Å²) in [5, 5.41) is 4.50. The molecule has 0 atom stereocenters. The highest BCUT2D eigenvalue weighted by atomic mass is 32.2. The van der Waals surface area contributed by atoms with Gasteiger partial charge in [-0.2, -0.15) is 9.40 Å². The largest absolute Gasteiger partial charge is 0.354 e. The number of aryl methyl sites for hydroxylation is 3. The van der Waals surface area contributed by atoms with Gasteiger partial charge in [0.25, 0.3) is 0 Å². The molecule has 10 nitrogen and oxygen atoms in total. The number of rotatable bonds is 4. The van der Waals surface area contributed by atoms with Gasteiger partial charge in [0.05, 0.1) is 16.3 Å². The van der Waals surface area contributed by atoms with E-state index in [1.165, 1.54) is 6.33 Å². The monoisotopic (exact) mass is 493 g/mol.